The minimum absolute atomic E-state index is 0.171. The van der Waals surface area contributed by atoms with E-state index in [1.807, 2.05) is 0 Å². The summed E-state index contributed by atoms with van der Waals surface area (Å²) in [6, 6.07) is 6.68. The van der Waals surface area contributed by atoms with Crippen molar-refractivity contribution in [3.05, 3.63) is 29.8 Å². The Labute approximate surface area is 113 Å². The van der Waals surface area contributed by atoms with Crippen molar-refractivity contribution in [2.75, 3.05) is 20.2 Å². The fraction of sp³-hybridized carbons (Fsp3) is 0.500. The summed E-state index contributed by atoms with van der Waals surface area (Å²) < 4.78 is 5.05. The standard InChI is InChI=1S/C14H20N2O3/c1-19-11-6-4-10(5-7-11)14(18)16-12-9-15-8-2-3-13(12)17/h4-7,12-13,15,17H,2-3,8-9H2,1H3,(H,16,18)/t12-,13+/m0/s1. The molecule has 3 N–H and O–H groups in total. The number of aliphatic hydroxyl groups is 1. The Hall–Kier alpha value is -1.59. The van der Waals surface area contributed by atoms with Gasteiger partial charge in [-0.05, 0) is 43.7 Å². The molecular formula is C14H20N2O3. The third kappa shape index (κ3) is 3.68. The number of hydrogen-bond donors (Lipinski definition) is 3. The fourth-order valence-electron chi connectivity index (χ4n) is 2.17. The Morgan fingerprint density at radius 3 is 2.84 bits per heavy atom. The summed E-state index contributed by atoms with van der Waals surface area (Å²) in [5, 5.41) is 16.0. The average Bonchev–Trinajstić information content (AvgIpc) is 2.64. The normalized spacial score (nSPS) is 23.5. The van der Waals surface area contributed by atoms with E-state index in [1.165, 1.54) is 0 Å². The van der Waals surface area contributed by atoms with Gasteiger partial charge in [0, 0.05) is 12.1 Å². The first-order valence-corrected chi connectivity index (χ1v) is 6.54. The lowest BCUT2D eigenvalue weighted by Gasteiger charge is -2.21. The number of ether oxygens (including phenoxy) is 1. The third-order valence-corrected chi connectivity index (χ3v) is 3.35. The number of benzene rings is 1. The van der Waals surface area contributed by atoms with Crippen LogP contribution in [0.5, 0.6) is 5.75 Å². The average molecular weight is 264 g/mol. The Kier molecular flexibility index (Phi) is 4.76. The van der Waals surface area contributed by atoms with Crippen LogP contribution in [0, 0.1) is 0 Å². The molecule has 1 aliphatic rings. The van der Waals surface area contributed by atoms with E-state index in [9.17, 15) is 9.90 Å². The first-order valence-electron chi connectivity index (χ1n) is 6.54. The summed E-state index contributed by atoms with van der Waals surface area (Å²) >= 11 is 0. The lowest BCUT2D eigenvalue weighted by Crippen LogP contribution is -2.47. The van der Waals surface area contributed by atoms with E-state index in [4.69, 9.17) is 4.74 Å². The number of methoxy groups -OCH3 is 1. The van der Waals surface area contributed by atoms with E-state index < -0.39 is 6.10 Å². The summed E-state index contributed by atoms with van der Waals surface area (Å²) in [5.74, 6) is 0.545. The van der Waals surface area contributed by atoms with E-state index in [0.717, 1.165) is 13.0 Å². The molecule has 0 spiro atoms. The summed E-state index contributed by atoms with van der Waals surface area (Å²) in [6.07, 6.45) is 1.15. The van der Waals surface area contributed by atoms with Gasteiger partial charge in [0.25, 0.3) is 5.91 Å². The number of rotatable bonds is 3. The van der Waals surface area contributed by atoms with E-state index in [2.05, 4.69) is 10.6 Å². The summed E-state index contributed by atoms with van der Waals surface area (Å²) in [7, 11) is 1.59. The van der Waals surface area contributed by atoms with Crippen LogP contribution >= 0.6 is 0 Å². The molecule has 1 amide bonds. The zero-order valence-corrected chi connectivity index (χ0v) is 11.1. The van der Waals surface area contributed by atoms with E-state index in [0.29, 0.717) is 24.3 Å². The van der Waals surface area contributed by atoms with Crippen molar-refractivity contribution in [1.29, 1.82) is 0 Å². The van der Waals surface area contributed by atoms with Gasteiger partial charge in [0.2, 0.25) is 0 Å². The van der Waals surface area contributed by atoms with Crippen LogP contribution in [0.4, 0.5) is 0 Å². The molecule has 2 rings (SSSR count). The van der Waals surface area contributed by atoms with Crippen LogP contribution in [-0.2, 0) is 0 Å². The monoisotopic (exact) mass is 264 g/mol. The SMILES string of the molecule is COc1ccc(C(=O)N[C@H]2CNCCC[C@H]2O)cc1. The van der Waals surface area contributed by atoms with E-state index in [-0.39, 0.29) is 11.9 Å². The topological polar surface area (TPSA) is 70.6 Å². The smallest absolute Gasteiger partial charge is 0.251 e. The molecule has 0 radical (unpaired) electrons. The highest BCUT2D eigenvalue weighted by atomic mass is 16.5. The van der Waals surface area contributed by atoms with Crippen LogP contribution in [0.3, 0.4) is 0 Å². The lowest BCUT2D eigenvalue weighted by molar-refractivity contribution is 0.0833. The molecule has 0 unspecified atom stereocenters. The number of aliphatic hydroxyl groups excluding tert-OH is 1. The molecule has 0 saturated carbocycles. The molecule has 0 aromatic heterocycles. The number of nitrogens with one attached hydrogen (secondary N) is 2. The van der Waals surface area contributed by atoms with Gasteiger partial charge < -0.3 is 20.5 Å². The third-order valence-electron chi connectivity index (χ3n) is 3.35. The summed E-state index contributed by atoms with van der Waals surface area (Å²) in [5.41, 5.74) is 0.567. The minimum atomic E-state index is -0.489. The van der Waals surface area contributed by atoms with Gasteiger partial charge in [-0.3, -0.25) is 4.79 Å². The second kappa shape index (κ2) is 6.54. The Balaban J connectivity index is 1.98. The molecule has 1 aromatic carbocycles. The maximum Gasteiger partial charge on any atom is 0.251 e. The maximum atomic E-state index is 12.1. The first kappa shape index (κ1) is 13.8. The quantitative estimate of drug-likeness (QED) is 0.745. The van der Waals surface area contributed by atoms with Crippen molar-refractivity contribution in [2.24, 2.45) is 0 Å². The second-order valence-corrected chi connectivity index (χ2v) is 4.72. The maximum absolute atomic E-state index is 12.1. The van der Waals surface area contributed by atoms with Crippen LogP contribution in [-0.4, -0.2) is 43.4 Å². The predicted octanol–water partition coefficient (Wildman–Crippen LogP) is 0.538. The highest BCUT2D eigenvalue weighted by Crippen LogP contribution is 2.12. The molecule has 104 valence electrons. The molecule has 1 saturated heterocycles. The van der Waals surface area contributed by atoms with Crippen molar-refractivity contribution in [3.8, 4) is 5.75 Å². The Bertz CT molecular complexity index is 419. The van der Waals surface area contributed by atoms with Crippen molar-refractivity contribution < 1.29 is 14.6 Å². The van der Waals surface area contributed by atoms with Crippen molar-refractivity contribution >= 4 is 5.91 Å². The first-order chi connectivity index (χ1) is 9.20. The predicted molar refractivity (Wildman–Crippen MR) is 72.4 cm³/mol. The van der Waals surface area contributed by atoms with Gasteiger partial charge in [-0.15, -0.1) is 0 Å². The van der Waals surface area contributed by atoms with Crippen molar-refractivity contribution in [3.63, 3.8) is 0 Å². The molecule has 0 bridgehead atoms. The lowest BCUT2D eigenvalue weighted by atomic mass is 10.1. The highest BCUT2D eigenvalue weighted by molar-refractivity contribution is 5.94. The Morgan fingerprint density at radius 2 is 2.16 bits per heavy atom. The van der Waals surface area contributed by atoms with Crippen molar-refractivity contribution in [1.82, 2.24) is 10.6 Å². The highest BCUT2D eigenvalue weighted by Gasteiger charge is 2.23. The van der Waals surface area contributed by atoms with Gasteiger partial charge in [-0.1, -0.05) is 0 Å². The number of carbonyl (C=O) groups excluding carboxylic acids is 1. The van der Waals surface area contributed by atoms with Crippen LogP contribution in [0.15, 0.2) is 24.3 Å². The summed E-state index contributed by atoms with van der Waals surface area (Å²) in [6.45, 7) is 1.48. The van der Waals surface area contributed by atoms with Gasteiger partial charge >= 0.3 is 0 Å². The largest absolute Gasteiger partial charge is 0.497 e. The molecule has 1 fully saturated rings. The molecule has 19 heavy (non-hydrogen) atoms. The summed E-state index contributed by atoms with van der Waals surface area (Å²) in [4.78, 5) is 12.1. The molecule has 5 nitrogen and oxygen atoms in total. The second-order valence-electron chi connectivity index (χ2n) is 4.72. The number of amides is 1. The molecule has 5 heteroatoms. The van der Waals surface area contributed by atoms with E-state index in [1.54, 1.807) is 31.4 Å². The molecule has 2 atom stereocenters. The molecule has 1 heterocycles. The number of hydrogen-bond acceptors (Lipinski definition) is 4. The minimum Gasteiger partial charge on any atom is -0.497 e. The molecule has 1 aliphatic heterocycles. The Morgan fingerprint density at radius 1 is 1.42 bits per heavy atom. The van der Waals surface area contributed by atoms with Gasteiger partial charge in [-0.2, -0.15) is 0 Å². The van der Waals surface area contributed by atoms with Crippen LogP contribution in [0.1, 0.15) is 23.2 Å². The van der Waals surface area contributed by atoms with Gasteiger partial charge in [0.1, 0.15) is 5.75 Å². The van der Waals surface area contributed by atoms with Gasteiger partial charge in [0.15, 0.2) is 0 Å². The van der Waals surface area contributed by atoms with Crippen molar-refractivity contribution in [2.45, 2.75) is 25.0 Å². The molecular weight excluding hydrogens is 244 g/mol. The zero-order valence-electron chi connectivity index (χ0n) is 11.1. The van der Waals surface area contributed by atoms with Crippen LogP contribution < -0.4 is 15.4 Å². The zero-order chi connectivity index (χ0) is 13.7. The van der Waals surface area contributed by atoms with Crippen LogP contribution in [0.25, 0.3) is 0 Å². The van der Waals surface area contributed by atoms with Gasteiger partial charge in [-0.25, -0.2) is 0 Å². The number of carbonyl (C=O) groups is 1. The molecule has 1 aromatic rings. The fourth-order valence-corrected chi connectivity index (χ4v) is 2.17. The molecule has 0 aliphatic carbocycles. The van der Waals surface area contributed by atoms with Gasteiger partial charge in [0.05, 0.1) is 19.3 Å². The van der Waals surface area contributed by atoms with Crippen LogP contribution in [0.2, 0.25) is 0 Å². The van der Waals surface area contributed by atoms with E-state index >= 15 is 0 Å².